The van der Waals surface area contributed by atoms with Gasteiger partial charge in [-0.05, 0) is 55.9 Å². The van der Waals surface area contributed by atoms with Crippen molar-refractivity contribution in [2.75, 3.05) is 43.4 Å². The van der Waals surface area contributed by atoms with Crippen molar-refractivity contribution in [1.29, 1.82) is 0 Å². The van der Waals surface area contributed by atoms with Gasteiger partial charge in [0.2, 0.25) is 5.95 Å². The van der Waals surface area contributed by atoms with Gasteiger partial charge < -0.3 is 20.9 Å². The average Bonchev–Trinajstić information content (AvgIpc) is 3.20. The van der Waals surface area contributed by atoms with Crippen LogP contribution >= 0.6 is 0 Å². The molecule has 0 radical (unpaired) electrons. The summed E-state index contributed by atoms with van der Waals surface area (Å²) in [7, 11) is 2.16. The number of nitrogens with zero attached hydrogens (tertiary/aromatic N) is 6. The number of aromatic nitrogens is 4. The Bertz CT molecular complexity index is 1320. The molecule has 5 rings (SSSR count). The molecule has 9 heteroatoms. The van der Waals surface area contributed by atoms with Crippen molar-refractivity contribution in [2.24, 2.45) is 5.73 Å². The van der Waals surface area contributed by atoms with Crippen LogP contribution in [0.5, 0.6) is 0 Å². The molecule has 0 spiro atoms. The second-order valence-electron chi connectivity index (χ2n) is 8.31. The fourth-order valence-electron chi connectivity index (χ4n) is 4.24. The first kappa shape index (κ1) is 20.9. The molecule has 33 heavy (non-hydrogen) atoms. The van der Waals surface area contributed by atoms with E-state index in [0.717, 1.165) is 31.9 Å². The van der Waals surface area contributed by atoms with E-state index in [-0.39, 0.29) is 0 Å². The Kier molecular flexibility index (Phi) is 5.39. The number of hydrogen-bond donors (Lipinski definition) is 2. The van der Waals surface area contributed by atoms with Crippen molar-refractivity contribution < 1.29 is 4.79 Å². The first-order valence-corrected chi connectivity index (χ1v) is 10.9. The molecule has 1 fully saturated rings. The minimum atomic E-state index is -0.505. The highest BCUT2D eigenvalue weighted by Crippen LogP contribution is 2.27. The Morgan fingerprint density at radius 1 is 1.06 bits per heavy atom. The lowest BCUT2D eigenvalue weighted by Gasteiger charge is -2.35. The SMILES string of the molecule is Cc1cc(Nc2nccc(-n3cc(C(N)=O)c4cccnc43)n2)ccc1N1CCN(C)CC1. The minimum Gasteiger partial charge on any atom is -0.369 e. The third kappa shape index (κ3) is 4.10. The van der Waals surface area contributed by atoms with E-state index >= 15 is 0 Å². The Balaban J connectivity index is 1.41. The molecule has 0 aliphatic carbocycles. The number of carbonyl (C=O) groups is 1. The van der Waals surface area contributed by atoms with Crippen molar-refractivity contribution in [1.82, 2.24) is 24.4 Å². The Labute approximate surface area is 191 Å². The maximum atomic E-state index is 11.9. The number of primary amides is 1. The number of likely N-dealkylation sites (N-methyl/N-ethyl adjacent to an activating group) is 1. The van der Waals surface area contributed by atoms with Crippen molar-refractivity contribution in [3.63, 3.8) is 0 Å². The van der Waals surface area contributed by atoms with E-state index in [1.165, 1.54) is 11.3 Å². The number of pyridine rings is 1. The van der Waals surface area contributed by atoms with Crippen LogP contribution in [-0.4, -0.2) is 63.6 Å². The summed E-state index contributed by atoms with van der Waals surface area (Å²) in [5.74, 6) is 0.544. The third-order valence-corrected chi connectivity index (χ3v) is 6.01. The second-order valence-corrected chi connectivity index (χ2v) is 8.31. The van der Waals surface area contributed by atoms with Gasteiger partial charge in [0.1, 0.15) is 11.5 Å². The van der Waals surface area contributed by atoms with Crippen molar-refractivity contribution in [3.05, 3.63) is 66.1 Å². The number of aryl methyl sites for hydroxylation is 1. The highest BCUT2D eigenvalue weighted by molar-refractivity contribution is 6.05. The van der Waals surface area contributed by atoms with E-state index in [4.69, 9.17) is 5.73 Å². The molecule has 1 aliphatic heterocycles. The fourth-order valence-corrected chi connectivity index (χ4v) is 4.24. The number of piperazine rings is 1. The predicted molar refractivity (Wildman–Crippen MR) is 129 cm³/mol. The Morgan fingerprint density at radius 3 is 2.64 bits per heavy atom. The van der Waals surface area contributed by atoms with Crippen LogP contribution in [0.2, 0.25) is 0 Å². The quantitative estimate of drug-likeness (QED) is 0.490. The Morgan fingerprint density at radius 2 is 1.88 bits per heavy atom. The molecular weight excluding hydrogens is 416 g/mol. The summed E-state index contributed by atoms with van der Waals surface area (Å²) < 4.78 is 1.75. The molecule has 9 nitrogen and oxygen atoms in total. The zero-order chi connectivity index (χ0) is 22.9. The highest BCUT2D eigenvalue weighted by atomic mass is 16.1. The summed E-state index contributed by atoms with van der Waals surface area (Å²) in [6.07, 6.45) is 5.02. The summed E-state index contributed by atoms with van der Waals surface area (Å²) in [6, 6.07) is 11.7. The monoisotopic (exact) mass is 442 g/mol. The van der Waals surface area contributed by atoms with E-state index in [0.29, 0.717) is 28.4 Å². The van der Waals surface area contributed by atoms with Gasteiger partial charge in [-0.25, -0.2) is 9.97 Å². The van der Waals surface area contributed by atoms with Crippen LogP contribution in [0.3, 0.4) is 0 Å². The number of rotatable bonds is 5. The lowest BCUT2D eigenvalue weighted by atomic mass is 10.1. The molecule has 168 valence electrons. The first-order chi connectivity index (χ1) is 16.0. The van der Waals surface area contributed by atoms with E-state index in [2.05, 4.69) is 62.2 Å². The molecule has 4 aromatic rings. The molecule has 3 N–H and O–H groups in total. The topological polar surface area (TPSA) is 105 Å². The molecule has 0 atom stereocenters. The zero-order valence-electron chi connectivity index (χ0n) is 18.7. The van der Waals surface area contributed by atoms with Gasteiger partial charge in [-0.1, -0.05) is 0 Å². The van der Waals surface area contributed by atoms with E-state index in [1.807, 2.05) is 6.07 Å². The van der Waals surface area contributed by atoms with Crippen LogP contribution in [0, 0.1) is 6.92 Å². The number of nitrogens with two attached hydrogens (primary N) is 1. The molecule has 0 saturated carbocycles. The van der Waals surface area contributed by atoms with Crippen LogP contribution in [0.1, 0.15) is 15.9 Å². The number of benzene rings is 1. The summed E-state index contributed by atoms with van der Waals surface area (Å²) in [5, 5.41) is 3.98. The van der Waals surface area contributed by atoms with Crippen LogP contribution in [-0.2, 0) is 0 Å². The molecular formula is C24H26N8O. The maximum absolute atomic E-state index is 11.9. The van der Waals surface area contributed by atoms with Crippen LogP contribution in [0.4, 0.5) is 17.3 Å². The lowest BCUT2D eigenvalue weighted by molar-refractivity contribution is 0.100. The average molecular weight is 443 g/mol. The summed E-state index contributed by atoms with van der Waals surface area (Å²) in [5.41, 5.74) is 9.95. The first-order valence-electron chi connectivity index (χ1n) is 10.9. The van der Waals surface area contributed by atoms with Crippen molar-refractivity contribution in [3.8, 4) is 5.82 Å². The maximum Gasteiger partial charge on any atom is 0.250 e. The van der Waals surface area contributed by atoms with E-state index in [9.17, 15) is 4.79 Å². The number of carbonyl (C=O) groups excluding carboxylic acids is 1. The molecule has 1 saturated heterocycles. The normalized spacial score (nSPS) is 14.5. The molecule has 1 amide bonds. The van der Waals surface area contributed by atoms with Gasteiger partial charge >= 0.3 is 0 Å². The molecule has 1 aliphatic rings. The number of hydrogen-bond acceptors (Lipinski definition) is 7. The van der Waals surface area contributed by atoms with Crippen molar-refractivity contribution in [2.45, 2.75) is 6.92 Å². The third-order valence-electron chi connectivity index (χ3n) is 6.01. The number of nitrogens with one attached hydrogen (secondary N) is 1. The van der Waals surface area contributed by atoms with Gasteiger partial charge in [-0.2, -0.15) is 4.98 Å². The van der Waals surface area contributed by atoms with Gasteiger partial charge in [-0.15, -0.1) is 0 Å². The largest absolute Gasteiger partial charge is 0.369 e. The highest BCUT2D eigenvalue weighted by Gasteiger charge is 2.17. The number of amides is 1. The van der Waals surface area contributed by atoms with Crippen LogP contribution in [0.25, 0.3) is 16.9 Å². The number of anilines is 3. The standard InChI is InChI=1S/C24H26N8O/c1-16-14-17(5-6-20(16)31-12-10-30(2)11-13-31)28-24-27-9-7-21(29-24)32-15-19(22(25)33)18-4-3-8-26-23(18)32/h3-9,14-15H,10-13H2,1-2H3,(H2,25,33)(H,27,28,29). The predicted octanol–water partition coefficient (Wildman–Crippen LogP) is 2.72. The minimum absolute atomic E-state index is 0.404. The van der Waals surface area contributed by atoms with E-state index in [1.54, 1.807) is 35.3 Å². The molecule has 3 aromatic heterocycles. The molecule has 1 aromatic carbocycles. The zero-order valence-corrected chi connectivity index (χ0v) is 18.7. The Hall–Kier alpha value is -3.98. The van der Waals surface area contributed by atoms with Gasteiger partial charge in [0.15, 0.2) is 0 Å². The smallest absolute Gasteiger partial charge is 0.250 e. The van der Waals surface area contributed by atoms with Gasteiger partial charge in [0.25, 0.3) is 5.91 Å². The fraction of sp³-hybridized carbons (Fsp3) is 0.250. The second kappa shape index (κ2) is 8.51. The number of fused-ring (bicyclic) bond motifs is 1. The summed E-state index contributed by atoms with van der Waals surface area (Å²) in [4.78, 5) is 30.1. The van der Waals surface area contributed by atoms with Gasteiger partial charge in [0, 0.05) is 61.5 Å². The van der Waals surface area contributed by atoms with Gasteiger partial charge in [-0.3, -0.25) is 9.36 Å². The lowest BCUT2D eigenvalue weighted by Crippen LogP contribution is -2.44. The van der Waals surface area contributed by atoms with Crippen LogP contribution < -0.4 is 16.0 Å². The summed E-state index contributed by atoms with van der Waals surface area (Å²) >= 11 is 0. The van der Waals surface area contributed by atoms with Crippen molar-refractivity contribution >= 4 is 34.3 Å². The molecule has 0 bridgehead atoms. The summed E-state index contributed by atoms with van der Waals surface area (Å²) in [6.45, 7) is 6.32. The van der Waals surface area contributed by atoms with Crippen LogP contribution in [0.15, 0.2) is 55.0 Å². The molecule has 0 unspecified atom stereocenters. The van der Waals surface area contributed by atoms with E-state index < -0.39 is 5.91 Å². The molecule has 4 heterocycles. The van der Waals surface area contributed by atoms with Gasteiger partial charge in [0.05, 0.1) is 5.56 Å².